The fourth-order valence-electron chi connectivity index (χ4n) is 4.57. The van der Waals surface area contributed by atoms with E-state index in [1.54, 1.807) is 10.8 Å². The van der Waals surface area contributed by atoms with E-state index >= 15 is 0 Å². The third-order valence-electron chi connectivity index (χ3n) is 6.30. The normalized spacial score (nSPS) is 13.1. The lowest BCUT2D eigenvalue weighted by atomic mass is 10.0. The van der Waals surface area contributed by atoms with Crippen molar-refractivity contribution in [2.45, 2.75) is 24.5 Å². The molecule has 1 aliphatic heterocycles. The smallest absolute Gasteiger partial charge is 0.278 e. The van der Waals surface area contributed by atoms with E-state index in [1.807, 2.05) is 70.1 Å². The second kappa shape index (κ2) is 10.1. The number of thiazole rings is 1. The number of amides is 1. The van der Waals surface area contributed by atoms with Gasteiger partial charge in [0.05, 0.1) is 24.2 Å². The quantitative estimate of drug-likeness (QED) is 0.155. The zero-order chi connectivity index (χ0) is 25.4. The average molecular weight is 547 g/mol. The Morgan fingerprint density at radius 2 is 1.89 bits per heavy atom. The van der Waals surface area contributed by atoms with E-state index < -0.39 is 0 Å². The van der Waals surface area contributed by atoms with Crippen LogP contribution >= 0.6 is 35.3 Å². The number of hydrogen-bond acceptors (Lipinski definition) is 7. The Kier molecular flexibility index (Phi) is 6.54. The van der Waals surface area contributed by atoms with Crippen molar-refractivity contribution in [1.29, 1.82) is 0 Å². The molecule has 0 N–H and O–H groups in total. The van der Waals surface area contributed by atoms with Gasteiger partial charge in [-0.3, -0.25) is 18.7 Å². The Hall–Kier alpha value is -3.47. The van der Waals surface area contributed by atoms with Crippen molar-refractivity contribution < 1.29 is 9.21 Å². The molecule has 4 heterocycles. The number of carbonyl (C=O) groups excluding carboxylic acids is 1. The zero-order valence-corrected chi connectivity index (χ0v) is 22.2. The maximum atomic E-state index is 13.8. The number of rotatable bonds is 6. The first-order valence-electron chi connectivity index (χ1n) is 11.9. The average Bonchev–Trinajstić information content (AvgIpc) is 3.56. The summed E-state index contributed by atoms with van der Waals surface area (Å²) in [5, 5.41) is 0.448. The Bertz CT molecular complexity index is 1700. The Balaban J connectivity index is 1.40. The van der Waals surface area contributed by atoms with Crippen molar-refractivity contribution in [1.82, 2.24) is 14.1 Å². The fourth-order valence-corrected chi connectivity index (χ4v) is 6.71. The molecule has 2 aromatic carbocycles. The molecule has 3 aromatic heterocycles. The molecule has 7 nitrogen and oxygen atoms in total. The molecule has 0 radical (unpaired) electrons. The van der Waals surface area contributed by atoms with Gasteiger partial charge >= 0.3 is 0 Å². The van der Waals surface area contributed by atoms with Crippen LogP contribution in [0.5, 0.6) is 0 Å². The lowest BCUT2D eigenvalue weighted by Crippen LogP contribution is -2.36. The molecule has 0 atom stereocenters. The number of carbonyl (C=O) groups is 1. The lowest BCUT2D eigenvalue weighted by molar-refractivity contribution is -0.116. The second-order valence-electron chi connectivity index (χ2n) is 8.62. The SMILES string of the molecule is O=C(CSc1nc2c(sc(=S)n2Cc2ccco2)c(=O)n1-c1ccccc1)N1CCCc2ccccc21. The van der Waals surface area contributed by atoms with Gasteiger partial charge in [-0.15, -0.1) is 0 Å². The van der Waals surface area contributed by atoms with Crippen LogP contribution in [0.15, 0.2) is 87.4 Å². The van der Waals surface area contributed by atoms with E-state index in [0.717, 1.165) is 24.3 Å². The molecule has 1 amide bonds. The van der Waals surface area contributed by atoms with Gasteiger partial charge in [-0.2, -0.15) is 0 Å². The van der Waals surface area contributed by atoms with E-state index in [1.165, 1.54) is 28.7 Å². The van der Waals surface area contributed by atoms with Crippen LogP contribution in [-0.2, 0) is 17.8 Å². The molecule has 0 fully saturated rings. The van der Waals surface area contributed by atoms with Crippen LogP contribution in [0.2, 0.25) is 0 Å². The highest BCUT2D eigenvalue weighted by Gasteiger charge is 2.24. The molecular weight excluding hydrogens is 525 g/mol. The number of aromatic nitrogens is 3. The second-order valence-corrected chi connectivity index (χ2v) is 11.2. The van der Waals surface area contributed by atoms with Gasteiger partial charge in [-0.1, -0.05) is 59.5 Å². The van der Waals surface area contributed by atoms with Crippen LogP contribution in [-0.4, -0.2) is 32.3 Å². The van der Waals surface area contributed by atoms with Crippen molar-refractivity contribution in [3.8, 4) is 5.69 Å². The minimum absolute atomic E-state index is 0.0103. The summed E-state index contributed by atoms with van der Waals surface area (Å²) in [6.45, 7) is 1.06. The predicted molar refractivity (Wildman–Crippen MR) is 150 cm³/mol. The fraction of sp³-hybridized carbons (Fsp3) is 0.185. The Morgan fingerprint density at radius 1 is 1.08 bits per heavy atom. The minimum atomic E-state index is -0.205. The number of furan rings is 1. The molecule has 186 valence electrons. The van der Waals surface area contributed by atoms with Crippen molar-refractivity contribution >= 4 is 57.3 Å². The molecule has 0 spiro atoms. The first-order chi connectivity index (χ1) is 18.1. The molecule has 0 saturated heterocycles. The third kappa shape index (κ3) is 4.56. The number of aryl methyl sites for hydroxylation is 1. The minimum Gasteiger partial charge on any atom is -0.467 e. The van der Waals surface area contributed by atoms with E-state index in [4.69, 9.17) is 21.6 Å². The standard InChI is InChI=1S/C27H22N4O3S3/c32-22(29-14-6-9-18-8-4-5-13-21(18)29)17-36-26-28-24-23(25(33)31(26)19-10-2-1-3-11-19)37-27(35)30(24)16-20-12-7-15-34-20/h1-5,7-8,10-13,15H,6,9,14,16-17H2. The molecule has 37 heavy (non-hydrogen) atoms. The number of benzene rings is 2. The molecule has 0 saturated carbocycles. The van der Waals surface area contributed by atoms with E-state index in [-0.39, 0.29) is 17.2 Å². The van der Waals surface area contributed by atoms with Crippen LogP contribution in [0.3, 0.4) is 0 Å². The topological polar surface area (TPSA) is 73.3 Å². The molecule has 6 rings (SSSR count). The van der Waals surface area contributed by atoms with E-state index in [2.05, 4.69) is 6.07 Å². The highest BCUT2D eigenvalue weighted by molar-refractivity contribution is 7.99. The van der Waals surface area contributed by atoms with E-state index in [0.29, 0.717) is 38.2 Å². The summed E-state index contributed by atoms with van der Waals surface area (Å²) in [5.41, 5.74) is 3.14. The summed E-state index contributed by atoms with van der Waals surface area (Å²) < 4.78 is 9.92. The summed E-state index contributed by atoms with van der Waals surface area (Å²) in [6, 6.07) is 21.1. The summed E-state index contributed by atoms with van der Waals surface area (Å²) in [6.07, 6.45) is 3.50. The molecule has 0 aliphatic carbocycles. The van der Waals surface area contributed by atoms with Gasteiger partial charge < -0.3 is 9.32 Å². The highest BCUT2D eigenvalue weighted by atomic mass is 32.2. The number of thioether (sulfide) groups is 1. The van der Waals surface area contributed by atoms with Gasteiger partial charge in [-0.25, -0.2) is 4.98 Å². The summed E-state index contributed by atoms with van der Waals surface area (Å²) in [7, 11) is 0. The van der Waals surface area contributed by atoms with Crippen LogP contribution < -0.4 is 10.5 Å². The van der Waals surface area contributed by atoms with Crippen LogP contribution in [0.25, 0.3) is 16.0 Å². The van der Waals surface area contributed by atoms with Crippen LogP contribution in [0.1, 0.15) is 17.7 Å². The first kappa shape index (κ1) is 23.9. The molecule has 0 bridgehead atoms. The van der Waals surface area contributed by atoms with Gasteiger partial charge in [0, 0.05) is 12.2 Å². The summed E-state index contributed by atoms with van der Waals surface area (Å²) >= 11 is 8.11. The third-order valence-corrected chi connectivity index (χ3v) is 8.65. The van der Waals surface area contributed by atoms with Gasteiger partial charge in [0.1, 0.15) is 10.5 Å². The predicted octanol–water partition coefficient (Wildman–Crippen LogP) is 5.69. The lowest BCUT2D eigenvalue weighted by Gasteiger charge is -2.29. The van der Waals surface area contributed by atoms with Crippen LogP contribution in [0, 0.1) is 3.95 Å². The highest BCUT2D eigenvalue weighted by Crippen LogP contribution is 2.29. The monoisotopic (exact) mass is 546 g/mol. The molecule has 1 aliphatic rings. The summed E-state index contributed by atoms with van der Waals surface area (Å²) in [5.74, 6) is 0.865. The Morgan fingerprint density at radius 3 is 2.70 bits per heavy atom. The number of anilines is 1. The van der Waals surface area contributed by atoms with Gasteiger partial charge in [0.2, 0.25) is 5.91 Å². The van der Waals surface area contributed by atoms with Gasteiger partial charge in [0.15, 0.2) is 14.8 Å². The largest absolute Gasteiger partial charge is 0.467 e. The summed E-state index contributed by atoms with van der Waals surface area (Å²) in [4.78, 5) is 33.9. The maximum absolute atomic E-state index is 13.8. The number of nitrogens with zero attached hydrogens (tertiary/aromatic N) is 4. The van der Waals surface area contributed by atoms with Crippen molar-refractivity contribution in [2.75, 3.05) is 17.2 Å². The van der Waals surface area contributed by atoms with Crippen LogP contribution in [0.4, 0.5) is 5.69 Å². The number of hydrogen-bond donors (Lipinski definition) is 0. The molecule has 10 heteroatoms. The van der Waals surface area contributed by atoms with Gasteiger partial charge in [0.25, 0.3) is 5.56 Å². The zero-order valence-electron chi connectivity index (χ0n) is 19.7. The molecule has 0 unspecified atom stereocenters. The van der Waals surface area contributed by atoms with Gasteiger partial charge in [-0.05, 0) is 61.0 Å². The van der Waals surface area contributed by atoms with Crippen molar-refractivity contribution in [2.24, 2.45) is 0 Å². The first-order valence-corrected chi connectivity index (χ1v) is 14.1. The maximum Gasteiger partial charge on any atom is 0.278 e. The van der Waals surface area contributed by atoms with E-state index in [9.17, 15) is 9.59 Å². The van der Waals surface area contributed by atoms with Crippen molar-refractivity contribution in [3.63, 3.8) is 0 Å². The molecule has 5 aromatic rings. The number of para-hydroxylation sites is 2. The number of fused-ring (bicyclic) bond motifs is 2. The van der Waals surface area contributed by atoms with Crippen molar-refractivity contribution in [3.05, 3.63) is 98.6 Å². The Labute approximate surface area is 226 Å². The molecular formula is C27H22N4O3S3.